The molecule has 0 bridgehead atoms. The SMILES string of the molecule is O=C(O)c1ccccc1-n1cc(CN2CCC(Cc3ccncc3)C2)cn1.O=CO. The topological polar surface area (TPSA) is 109 Å². The Kier molecular flexibility index (Phi) is 7.29. The van der Waals surface area contributed by atoms with E-state index in [9.17, 15) is 9.90 Å². The lowest BCUT2D eigenvalue weighted by Crippen LogP contribution is -2.20. The van der Waals surface area contributed by atoms with Gasteiger partial charge in [-0.1, -0.05) is 12.1 Å². The van der Waals surface area contributed by atoms with Crippen LogP contribution in [0.5, 0.6) is 0 Å². The summed E-state index contributed by atoms with van der Waals surface area (Å²) in [4.78, 5) is 26.3. The molecular formula is C22H24N4O4. The van der Waals surface area contributed by atoms with Gasteiger partial charge in [-0.3, -0.25) is 14.7 Å². The zero-order valence-corrected chi connectivity index (χ0v) is 16.5. The Morgan fingerprint density at radius 1 is 1.17 bits per heavy atom. The van der Waals surface area contributed by atoms with Gasteiger partial charge in [0.05, 0.1) is 17.4 Å². The minimum Gasteiger partial charge on any atom is -0.483 e. The van der Waals surface area contributed by atoms with Crippen molar-refractivity contribution in [2.24, 2.45) is 5.92 Å². The maximum atomic E-state index is 11.4. The van der Waals surface area contributed by atoms with Crippen LogP contribution >= 0.6 is 0 Å². The van der Waals surface area contributed by atoms with Gasteiger partial charge in [0, 0.05) is 37.2 Å². The summed E-state index contributed by atoms with van der Waals surface area (Å²) in [5, 5.41) is 20.6. The Balaban J connectivity index is 0.000000806. The third-order valence-electron chi connectivity index (χ3n) is 5.07. The van der Waals surface area contributed by atoms with Crippen molar-refractivity contribution in [3.05, 3.63) is 77.9 Å². The quantitative estimate of drug-likeness (QED) is 0.604. The van der Waals surface area contributed by atoms with Gasteiger partial charge in [0.2, 0.25) is 0 Å². The summed E-state index contributed by atoms with van der Waals surface area (Å²) in [5.41, 5.74) is 3.29. The number of likely N-dealkylation sites (tertiary alicyclic amines) is 1. The van der Waals surface area contributed by atoms with Crippen molar-refractivity contribution < 1.29 is 19.8 Å². The molecule has 0 aliphatic carbocycles. The van der Waals surface area contributed by atoms with Crippen LogP contribution in [0.3, 0.4) is 0 Å². The molecule has 1 aliphatic rings. The molecular weight excluding hydrogens is 384 g/mol. The molecule has 3 aromatic rings. The Labute approximate surface area is 174 Å². The fourth-order valence-corrected chi connectivity index (χ4v) is 3.76. The van der Waals surface area contributed by atoms with Crippen molar-refractivity contribution in [2.45, 2.75) is 19.4 Å². The molecule has 156 valence electrons. The number of aromatic carboxylic acids is 1. The van der Waals surface area contributed by atoms with E-state index < -0.39 is 5.97 Å². The Hall–Kier alpha value is -3.52. The molecule has 1 unspecified atom stereocenters. The molecule has 0 radical (unpaired) electrons. The van der Waals surface area contributed by atoms with Crippen LogP contribution in [0.2, 0.25) is 0 Å². The summed E-state index contributed by atoms with van der Waals surface area (Å²) < 4.78 is 1.66. The van der Waals surface area contributed by atoms with E-state index in [1.54, 1.807) is 22.9 Å². The molecule has 1 aliphatic heterocycles. The minimum atomic E-state index is -0.943. The van der Waals surface area contributed by atoms with Gasteiger partial charge >= 0.3 is 5.97 Å². The first-order chi connectivity index (χ1) is 14.6. The number of benzene rings is 1. The molecule has 8 heteroatoms. The number of carbonyl (C=O) groups is 2. The van der Waals surface area contributed by atoms with E-state index in [1.807, 2.05) is 30.9 Å². The van der Waals surface area contributed by atoms with Gasteiger partial charge in [-0.15, -0.1) is 0 Å². The molecule has 1 fully saturated rings. The minimum absolute atomic E-state index is 0.250. The van der Waals surface area contributed by atoms with Crippen molar-refractivity contribution in [1.82, 2.24) is 19.7 Å². The molecule has 2 aromatic heterocycles. The number of aromatic nitrogens is 3. The van der Waals surface area contributed by atoms with Crippen LogP contribution in [0, 0.1) is 5.92 Å². The zero-order valence-electron chi connectivity index (χ0n) is 16.5. The lowest BCUT2D eigenvalue weighted by molar-refractivity contribution is -0.122. The summed E-state index contributed by atoms with van der Waals surface area (Å²) in [6.45, 7) is 2.73. The van der Waals surface area contributed by atoms with Crippen LogP contribution in [0.1, 0.15) is 27.9 Å². The standard InChI is InChI=1S/C21H22N4O2.CH2O2/c26-21(27)19-3-1-2-4-20(19)25-15-18(12-23-25)14-24-10-7-17(13-24)11-16-5-8-22-9-6-16;2-1-3/h1-6,8-9,12,15,17H,7,10-11,13-14H2,(H,26,27);1H,(H,2,3). The van der Waals surface area contributed by atoms with Crippen LogP contribution in [-0.4, -0.2) is 55.4 Å². The predicted molar refractivity (Wildman–Crippen MR) is 111 cm³/mol. The van der Waals surface area contributed by atoms with E-state index in [4.69, 9.17) is 9.90 Å². The molecule has 0 saturated carbocycles. The molecule has 1 saturated heterocycles. The average molecular weight is 408 g/mol. The molecule has 1 atom stereocenters. The van der Waals surface area contributed by atoms with Crippen molar-refractivity contribution in [1.29, 1.82) is 0 Å². The number of carboxylic acid groups (broad SMARTS) is 2. The fraction of sp³-hybridized carbons (Fsp3) is 0.273. The van der Waals surface area contributed by atoms with Gasteiger partial charge in [-0.05, 0) is 55.1 Å². The molecule has 30 heavy (non-hydrogen) atoms. The Morgan fingerprint density at radius 2 is 1.90 bits per heavy atom. The molecule has 0 amide bonds. The van der Waals surface area contributed by atoms with Gasteiger partial charge in [0.25, 0.3) is 6.47 Å². The van der Waals surface area contributed by atoms with E-state index in [-0.39, 0.29) is 12.0 Å². The predicted octanol–water partition coefficient (Wildman–Crippen LogP) is 2.73. The largest absolute Gasteiger partial charge is 0.483 e. The maximum Gasteiger partial charge on any atom is 0.337 e. The third-order valence-corrected chi connectivity index (χ3v) is 5.07. The summed E-state index contributed by atoms with van der Waals surface area (Å²) in [6, 6.07) is 11.1. The molecule has 0 spiro atoms. The molecule has 3 heterocycles. The second-order valence-electron chi connectivity index (χ2n) is 7.17. The highest BCUT2D eigenvalue weighted by Gasteiger charge is 2.23. The number of nitrogens with zero attached hydrogens (tertiary/aromatic N) is 4. The summed E-state index contributed by atoms with van der Waals surface area (Å²) in [5.74, 6) is -0.281. The van der Waals surface area contributed by atoms with E-state index in [2.05, 4.69) is 27.1 Å². The first-order valence-corrected chi connectivity index (χ1v) is 9.66. The first-order valence-electron chi connectivity index (χ1n) is 9.66. The second kappa shape index (κ2) is 10.3. The van der Waals surface area contributed by atoms with Crippen LogP contribution in [-0.2, 0) is 17.8 Å². The smallest absolute Gasteiger partial charge is 0.337 e. The molecule has 4 rings (SSSR count). The molecule has 8 nitrogen and oxygen atoms in total. The number of hydrogen-bond acceptors (Lipinski definition) is 5. The molecule has 1 aromatic carbocycles. The van der Waals surface area contributed by atoms with E-state index >= 15 is 0 Å². The lowest BCUT2D eigenvalue weighted by atomic mass is 10.00. The number of pyridine rings is 1. The van der Waals surface area contributed by atoms with Crippen LogP contribution < -0.4 is 0 Å². The summed E-state index contributed by atoms with van der Waals surface area (Å²) in [6.07, 6.45) is 9.74. The number of rotatable bonds is 6. The van der Waals surface area contributed by atoms with E-state index in [0.717, 1.165) is 31.6 Å². The monoisotopic (exact) mass is 408 g/mol. The Morgan fingerprint density at radius 3 is 2.63 bits per heavy atom. The third kappa shape index (κ3) is 5.51. The number of para-hydroxylation sites is 1. The van der Waals surface area contributed by atoms with Gasteiger partial charge in [0.15, 0.2) is 0 Å². The second-order valence-corrected chi connectivity index (χ2v) is 7.17. The number of carboxylic acids is 1. The highest BCUT2D eigenvalue weighted by Crippen LogP contribution is 2.23. The van der Waals surface area contributed by atoms with E-state index in [0.29, 0.717) is 11.6 Å². The van der Waals surface area contributed by atoms with Gasteiger partial charge in [0.1, 0.15) is 0 Å². The van der Waals surface area contributed by atoms with Crippen molar-refractivity contribution in [3.8, 4) is 5.69 Å². The first kappa shape index (κ1) is 21.2. The lowest BCUT2D eigenvalue weighted by Gasteiger charge is -2.15. The highest BCUT2D eigenvalue weighted by atomic mass is 16.4. The molecule has 2 N–H and O–H groups in total. The van der Waals surface area contributed by atoms with Gasteiger partial charge in [-0.25, -0.2) is 9.48 Å². The Bertz CT molecular complexity index is 974. The normalized spacial score (nSPS) is 15.9. The van der Waals surface area contributed by atoms with Crippen LogP contribution in [0.4, 0.5) is 0 Å². The average Bonchev–Trinajstić information content (AvgIpc) is 3.39. The van der Waals surface area contributed by atoms with Crippen molar-refractivity contribution >= 4 is 12.4 Å². The highest BCUT2D eigenvalue weighted by molar-refractivity contribution is 5.91. The van der Waals surface area contributed by atoms with Crippen molar-refractivity contribution in [3.63, 3.8) is 0 Å². The van der Waals surface area contributed by atoms with Gasteiger partial charge in [-0.2, -0.15) is 5.10 Å². The summed E-state index contributed by atoms with van der Waals surface area (Å²) in [7, 11) is 0. The van der Waals surface area contributed by atoms with Crippen LogP contribution in [0.15, 0.2) is 61.2 Å². The van der Waals surface area contributed by atoms with Gasteiger partial charge < -0.3 is 10.2 Å². The van der Waals surface area contributed by atoms with Crippen molar-refractivity contribution in [2.75, 3.05) is 13.1 Å². The van der Waals surface area contributed by atoms with Crippen LogP contribution in [0.25, 0.3) is 5.69 Å². The van der Waals surface area contributed by atoms with E-state index in [1.165, 1.54) is 12.0 Å². The zero-order chi connectivity index (χ0) is 21.3. The maximum absolute atomic E-state index is 11.4. The summed E-state index contributed by atoms with van der Waals surface area (Å²) >= 11 is 0. The fourth-order valence-electron chi connectivity index (χ4n) is 3.76. The number of hydrogen-bond donors (Lipinski definition) is 2.